The molecule has 0 aliphatic heterocycles. The average molecular weight is 377 g/mol. The number of rotatable bonds is 9. The Balaban J connectivity index is 1.80. The van der Waals surface area contributed by atoms with Gasteiger partial charge in [-0.25, -0.2) is 0 Å². The van der Waals surface area contributed by atoms with Crippen LogP contribution in [0.15, 0.2) is 35.7 Å². The maximum atomic E-state index is 12.2. The van der Waals surface area contributed by atoms with Gasteiger partial charge in [-0.1, -0.05) is 6.07 Å². The standard InChI is InChI=1S/C19H23NO5S/c1-13(25-18(21)8-4-6-15-7-5-11-26-15)19(22)20-14-9-10-16(23-2)17(12-14)24-3/h5,7,9-13H,4,6,8H2,1-3H3,(H,20,22)/t13-/m1/s1. The number of carbonyl (C=O) groups excluding carboxylic acids is 2. The van der Waals surface area contributed by atoms with E-state index in [2.05, 4.69) is 5.32 Å². The quantitative estimate of drug-likeness (QED) is 0.675. The molecular weight excluding hydrogens is 354 g/mol. The van der Waals surface area contributed by atoms with Crippen LogP contribution < -0.4 is 14.8 Å². The number of hydrogen-bond acceptors (Lipinski definition) is 6. The maximum absolute atomic E-state index is 12.2. The molecule has 1 amide bonds. The van der Waals surface area contributed by atoms with Crippen LogP contribution in [0.4, 0.5) is 5.69 Å². The lowest BCUT2D eigenvalue weighted by Crippen LogP contribution is -2.29. The molecular formula is C19H23NO5S. The lowest BCUT2D eigenvalue weighted by atomic mass is 10.2. The molecule has 0 fully saturated rings. The molecule has 0 aliphatic carbocycles. The van der Waals surface area contributed by atoms with Crippen LogP contribution in [0.3, 0.4) is 0 Å². The van der Waals surface area contributed by atoms with Gasteiger partial charge in [-0.3, -0.25) is 9.59 Å². The monoisotopic (exact) mass is 377 g/mol. The highest BCUT2D eigenvalue weighted by atomic mass is 32.1. The Kier molecular flexibility index (Phi) is 7.47. The van der Waals surface area contributed by atoms with Crippen LogP contribution in [0.25, 0.3) is 0 Å². The van der Waals surface area contributed by atoms with Gasteiger partial charge in [-0.05, 0) is 43.3 Å². The van der Waals surface area contributed by atoms with E-state index in [1.807, 2.05) is 17.5 Å². The lowest BCUT2D eigenvalue weighted by Gasteiger charge is -2.15. The minimum absolute atomic E-state index is 0.284. The largest absolute Gasteiger partial charge is 0.493 e. The Morgan fingerprint density at radius 3 is 2.58 bits per heavy atom. The van der Waals surface area contributed by atoms with E-state index in [4.69, 9.17) is 14.2 Å². The fraction of sp³-hybridized carbons (Fsp3) is 0.368. The summed E-state index contributed by atoms with van der Waals surface area (Å²) in [6.45, 7) is 1.55. The highest BCUT2D eigenvalue weighted by molar-refractivity contribution is 7.09. The third-order valence-corrected chi connectivity index (χ3v) is 4.65. The number of carbonyl (C=O) groups is 2. The van der Waals surface area contributed by atoms with Crippen LogP contribution >= 0.6 is 11.3 Å². The maximum Gasteiger partial charge on any atom is 0.306 e. The van der Waals surface area contributed by atoms with E-state index >= 15 is 0 Å². The molecule has 2 rings (SSSR count). The fourth-order valence-corrected chi connectivity index (χ4v) is 3.08. The van der Waals surface area contributed by atoms with Crippen molar-refractivity contribution in [2.45, 2.75) is 32.3 Å². The van der Waals surface area contributed by atoms with Gasteiger partial charge in [0.25, 0.3) is 5.91 Å². The molecule has 1 aromatic carbocycles. The smallest absolute Gasteiger partial charge is 0.306 e. The Morgan fingerprint density at radius 2 is 1.92 bits per heavy atom. The topological polar surface area (TPSA) is 73.9 Å². The summed E-state index contributed by atoms with van der Waals surface area (Å²) in [6, 6.07) is 9.05. The van der Waals surface area contributed by atoms with Crippen molar-refractivity contribution in [3.63, 3.8) is 0 Å². The molecule has 2 aromatic rings. The molecule has 0 radical (unpaired) electrons. The third kappa shape index (κ3) is 5.77. The first-order valence-electron chi connectivity index (χ1n) is 8.28. The molecule has 0 spiro atoms. The highest BCUT2D eigenvalue weighted by Gasteiger charge is 2.18. The predicted octanol–water partition coefficient (Wildman–Crippen LogP) is 3.66. The van der Waals surface area contributed by atoms with E-state index < -0.39 is 12.0 Å². The van der Waals surface area contributed by atoms with Crippen LogP contribution in [0.1, 0.15) is 24.6 Å². The van der Waals surface area contributed by atoms with Gasteiger partial charge >= 0.3 is 5.97 Å². The normalized spacial score (nSPS) is 11.5. The zero-order valence-electron chi connectivity index (χ0n) is 15.1. The van der Waals surface area contributed by atoms with E-state index in [9.17, 15) is 9.59 Å². The van der Waals surface area contributed by atoms with Gasteiger partial charge < -0.3 is 19.5 Å². The van der Waals surface area contributed by atoms with Crippen molar-refractivity contribution in [2.75, 3.05) is 19.5 Å². The lowest BCUT2D eigenvalue weighted by molar-refractivity contribution is -0.153. The summed E-state index contributed by atoms with van der Waals surface area (Å²) in [5.41, 5.74) is 0.535. The van der Waals surface area contributed by atoms with Crippen molar-refractivity contribution in [2.24, 2.45) is 0 Å². The predicted molar refractivity (Wildman–Crippen MR) is 101 cm³/mol. The van der Waals surface area contributed by atoms with Gasteiger partial charge in [-0.15, -0.1) is 11.3 Å². The first-order chi connectivity index (χ1) is 12.5. The molecule has 0 aliphatic rings. The molecule has 26 heavy (non-hydrogen) atoms. The number of methoxy groups -OCH3 is 2. The number of hydrogen-bond donors (Lipinski definition) is 1. The molecule has 0 saturated carbocycles. The van der Waals surface area contributed by atoms with E-state index in [0.717, 1.165) is 6.42 Å². The SMILES string of the molecule is COc1ccc(NC(=O)[C@@H](C)OC(=O)CCCc2cccs2)cc1OC. The Morgan fingerprint density at radius 1 is 1.15 bits per heavy atom. The minimum atomic E-state index is -0.877. The molecule has 0 bridgehead atoms. The van der Waals surface area contributed by atoms with Crippen LogP contribution in [0.5, 0.6) is 11.5 Å². The summed E-state index contributed by atoms with van der Waals surface area (Å²) < 4.78 is 15.6. The molecule has 1 N–H and O–H groups in total. The molecule has 7 heteroatoms. The van der Waals surface area contributed by atoms with Crippen LogP contribution in [0, 0.1) is 0 Å². The molecule has 1 atom stereocenters. The van der Waals surface area contributed by atoms with Gasteiger partial charge in [-0.2, -0.15) is 0 Å². The summed E-state index contributed by atoms with van der Waals surface area (Å²) in [5, 5.41) is 4.71. The Hall–Kier alpha value is -2.54. The molecule has 0 saturated heterocycles. The van der Waals surface area contributed by atoms with Gasteiger partial charge in [0.05, 0.1) is 14.2 Å². The van der Waals surface area contributed by atoms with E-state index in [0.29, 0.717) is 23.6 Å². The summed E-state index contributed by atoms with van der Waals surface area (Å²) >= 11 is 1.66. The van der Waals surface area contributed by atoms with Crippen LogP contribution in [0.2, 0.25) is 0 Å². The second-order valence-electron chi connectivity index (χ2n) is 5.62. The van der Waals surface area contributed by atoms with Crippen molar-refractivity contribution >= 4 is 28.9 Å². The van der Waals surface area contributed by atoms with E-state index in [1.54, 1.807) is 36.5 Å². The summed E-state index contributed by atoms with van der Waals surface area (Å²) in [7, 11) is 3.06. The van der Waals surface area contributed by atoms with Gasteiger partial charge in [0.1, 0.15) is 0 Å². The van der Waals surface area contributed by atoms with Crippen molar-refractivity contribution in [3.05, 3.63) is 40.6 Å². The first kappa shape index (κ1) is 19.8. The number of amides is 1. The van der Waals surface area contributed by atoms with Gasteiger partial charge in [0, 0.05) is 23.1 Å². The zero-order chi connectivity index (χ0) is 18.9. The fourth-order valence-electron chi connectivity index (χ4n) is 2.33. The van der Waals surface area contributed by atoms with Crippen LogP contribution in [-0.4, -0.2) is 32.2 Å². The van der Waals surface area contributed by atoms with Gasteiger partial charge in [0.2, 0.25) is 0 Å². The zero-order valence-corrected chi connectivity index (χ0v) is 15.9. The summed E-state index contributed by atoms with van der Waals surface area (Å²) in [5.74, 6) is 0.291. The number of esters is 1. The van der Waals surface area contributed by atoms with Crippen molar-refractivity contribution in [3.8, 4) is 11.5 Å². The van der Waals surface area contributed by atoms with Crippen molar-refractivity contribution < 1.29 is 23.8 Å². The molecule has 1 heterocycles. The second kappa shape index (κ2) is 9.82. The average Bonchev–Trinajstić information content (AvgIpc) is 3.14. The third-order valence-electron chi connectivity index (χ3n) is 3.71. The first-order valence-corrected chi connectivity index (χ1v) is 9.16. The highest BCUT2D eigenvalue weighted by Crippen LogP contribution is 2.29. The van der Waals surface area contributed by atoms with Crippen LogP contribution in [-0.2, 0) is 20.7 Å². The number of aryl methyl sites for hydroxylation is 1. The van der Waals surface area contributed by atoms with E-state index in [1.165, 1.54) is 19.1 Å². The Labute approximate surface area is 157 Å². The second-order valence-corrected chi connectivity index (χ2v) is 6.66. The molecule has 0 unspecified atom stereocenters. The molecule has 6 nitrogen and oxygen atoms in total. The summed E-state index contributed by atoms with van der Waals surface area (Å²) in [6.07, 6.45) is 0.936. The number of ether oxygens (including phenoxy) is 3. The number of anilines is 1. The summed E-state index contributed by atoms with van der Waals surface area (Å²) in [4.78, 5) is 25.3. The van der Waals surface area contributed by atoms with Gasteiger partial charge in [0.15, 0.2) is 17.6 Å². The number of nitrogens with one attached hydrogen (secondary N) is 1. The molecule has 140 valence electrons. The van der Waals surface area contributed by atoms with E-state index in [-0.39, 0.29) is 12.4 Å². The van der Waals surface area contributed by atoms with Crippen molar-refractivity contribution in [1.82, 2.24) is 0 Å². The number of thiophene rings is 1. The van der Waals surface area contributed by atoms with Crippen molar-refractivity contribution in [1.29, 1.82) is 0 Å². The molecule has 1 aromatic heterocycles. The number of benzene rings is 1. The Bertz CT molecular complexity index is 730. The minimum Gasteiger partial charge on any atom is -0.493 e.